The predicted octanol–water partition coefficient (Wildman–Crippen LogP) is 10.9. The van der Waals surface area contributed by atoms with E-state index in [2.05, 4.69) is 121 Å². The van der Waals surface area contributed by atoms with E-state index in [1.807, 2.05) is 22.7 Å². The van der Waals surface area contributed by atoms with Gasteiger partial charge in [0.2, 0.25) is 0 Å². The van der Waals surface area contributed by atoms with Gasteiger partial charge in [0.15, 0.2) is 0 Å². The minimum atomic E-state index is 1.26. The molecule has 0 radical (unpaired) electrons. The molecule has 0 bridgehead atoms. The van der Waals surface area contributed by atoms with Gasteiger partial charge in [0, 0.05) is 20.2 Å². The van der Waals surface area contributed by atoms with Crippen LogP contribution in [0.25, 0.3) is 73.4 Å². The fraction of sp³-hybridized carbons (Fsp3) is 0. The van der Waals surface area contributed by atoms with Crippen LogP contribution in [0.15, 0.2) is 121 Å². The van der Waals surface area contributed by atoms with Crippen LogP contribution in [-0.2, 0) is 0 Å². The number of thiophene rings is 2. The highest BCUT2D eigenvalue weighted by molar-refractivity contribution is 7.36. The molecule has 2 aromatic heterocycles. The Balaban J connectivity index is 1.58. The molecule has 0 N–H and O–H groups in total. The van der Waals surface area contributed by atoms with Crippen molar-refractivity contribution in [3.63, 3.8) is 0 Å². The number of fused-ring (bicyclic) bond motifs is 7. The van der Waals surface area contributed by atoms with Crippen LogP contribution in [-0.4, -0.2) is 0 Å². The van der Waals surface area contributed by atoms with E-state index in [4.69, 9.17) is 0 Å². The van der Waals surface area contributed by atoms with Crippen LogP contribution in [0.5, 0.6) is 0 Å². The molecule has 8 rings (SSSR count). The van der Waals surface area contributed by atoms with E-state index in [1.54, 1.807) is 0 Å². The fourth-order valence-electron chi connectivity index (χ4n) is 5.79. The molecule has 8 aromatic rings. The standard InChI is InChI=1S/C34H20S2/c1-2-11-21(12-3-1)30-22-13-4-6-15-24(22)31(25-16-7-5-14-23(25)30)27-18-10-20-29-32(27)34-33(36-29)26-17-8-9-19-28(26)35-34/h1-20H. The molecule has 0 aliphatic heterocycles. The molecule has 0 amide bonds. The van der Waals surface area contributed by atoms with Crippen molar-refractivity contribution >= 4 is 73.8 Å². The normalized spacial score (nSPS) is 11.9. The second-order valence-electron chi connectivity index (χ2n) is 9.24. The summed E-state index contributed by atoms with van der Waals surface area (Å²) in [6.45, 7) is 0. The van der Waals surface area contributed by atoms with Gasteiger partial charge in [0.25, 0.3) is 0 Å². The summed E-state index contributed by atoms with van der Waals surface area (Å²) in [5, 5.41) is 7.99. The molecule has 6 aromatic carbocycles. The maximum atomic E-state index is 2.33. The predicted molar refractivity (Wildman–Crippen MR) is 161 cm³/mol. The summed E-state index contributed by atoms with van der Waals surface area (Å²) in [7, 11) is 0. The lowest BCUT2D eigenvalue weighted by molar-refractivity contribution is 1.67. The monoisotopic (exact) mass is 492 g/mol. The van der Waals surface area contributed by atoms with Crippen molar-refractivity contribution in [1.29, 1.82) is 0 Å². The van der Waals surface area contributed by atoms with Gasteiger partial charge in [0.1, 0.15) is 0 Å². The molecule has 2 heteroatoms. The highest BCUT2D eigenvalue weighted by atomic mass is 32.1. The molecule has 0 saturated heterocycles. The topological polar surface area (TPSA) is 0 Å². The summed E-state index contributed by atoms with van der Waals surface area (Å²) in [6, 6.07) is 44.4. The zero-order chi connectivity index (χ0) is 23.6. The molecule has 168 valence electrons. The molecule has 0 aliphatic carbocycles. The smallest absolute Gasteiger partial charge is 0.0548 e. The molecule has 0 atom stereocenters. The first kappa shape index (κ1) is 20.2. The van der Waals surface area contributed by atoms with Crippen molar-refractivity contribution in [1.82, 2.24) is 0 Å². The van der Waals surface area contributed by atoms with E-state index in [-0.39, 0.29) is 0 Å². The van der Waals surface area contributed by atoms with Crippen molar-refractivity contribution in [3.05, 3.63) is 121 Å². The molecular weight excluding hydrogens is 473 g/mol. The summed E-state index contributed by atoms with van der Waals surface area (Å²) < 4.78 is 5.55. The van der Waals surface area contributed by atoms with Crippen molar-refractivity contribution in [2.75, 3.05) is 0 Å². The minimum Gasteiger partial charge on any atom is -0.134 e. The van der Waals surface area contributed by atoms with Gasteiger partial charge < -0.3 is 0 Å². The zero-order valence-corrected chi connectivity index (χ0v) is 21.0. The highest BCUT2D eigenvalue weighted by Gasteiger charge is 2.20. The number of rotatable bonds is 2. The van der Waals surface area contributed by atoms with E-state index in [9.17, 15) is 0 Å². The first-order chi connectivity index (χ1) is 17.9. The quantitative estimate of drug-likeness (QED) is 0.211. The van der Waals surface area contributed by atoms with Gasteiger partial charge in [0.05, 0.1) is 9.40 Å². The molecule has 2 heterocycles. The van der Waals surface area contributed by atoms with Gasteiger partial charge in [-0.15, -0.1) is 22.7 Å². The molecule has 36 heavy (non-hydrogen) atoms. The Hall–Kier alpha value is -3.98. The van der Waals surface area contributed by atoms with E-state index in [0.29, 0.717) is 0 Å². The summed E-state index contributed by atoms with van der Waals surface area (Å²) in [5.41, 5.74) is 5.24. The fourth-order valence-corrected chi connectivity index (χ4v) is 8.50. The summed E-state index contributed by atoms with van der Waals surface area (Å²) >= 11 is 3.86. The third-order valence-electron chi connectivity index (χ3n) is 7.28. The SMILES string of the molecule is c1ccc(-c2c3ccccc3c(-c3cccc4sc5c6ccccc6sc5c34)c3ccccc23)cc1. The highest BCUT2D eigenvalue weighted by Crippen LogP contribution is 2.50. The van der Waals surface area contributed by atoms with E-state index in [1.165, 1.54) is 73.4 Å². The number of benzene rings is 6. The maximum Gasteiger partial charge on any atom is 0.0548 e. The lowest BCUT2D eigenvalue weighted by atomic mass is 9.85. The van der Waals surface area contributed by atoms with Gasteiger partial charge in [-0.25, -0.2) is 0 Å². The van der Waals surface area contributed by atoms with E-state index < -0.39 is 0 Å². The second kappa shape index (κ2) is 7.76. The third kappa shape index (κ3) is 2.80. The average molecular weight is 493 g/mol. The van der Waals surface area contributed by atoms with Crippen LogP contribution in [0, 0.1) is 0 Å². The molecule has 0 saturated carbocycles. The molecule has 0 fully saturated rings. The summed E-state index contributed by atoms with van der Waals surface area (Å²) in [5.74, 6) is 0. The van der Waals surface area contributed by atoms with Crippen molar-refractivity contribution in [2.24, 2.45) is 0 Å². The van der Waals surface area contributed by atoms with E-state index >= 15 is 0 Å². The summed E-state index contributed by atoms with van der Waals surface area (Å²) in [6.07, 6.45) is 0. The Labute approximate surface area is 216 Å². The molecule has 0 aliphatic rings. The molecular formula is C34H20S2. The van der Waals surface area contributed by atoms with Crippen LogP contribution in [0.3, 0.4) is 0 Å². The lowest BCUT2D eigenvalue weighted by Gasteiger charge is -2.18. The van der Waals surface area contributed by atoms with Gasteiger partial charge >= 0.3 is 0 Å². The first-order valence-electron chi connectivity index (χ1n) is 12.2. The molecule has 0 nitrogen and oxygen atoms in total. The second-order valence-corrected chi connectivity index (χ2v) is 11.3. The van der Waals surface area contributed by atoms with Crippen LogP contribution >= 0.6 is 22.7 Å². The van der Waals surface area contributed by atoms with Crippen molar-refractivity contribution in [2.45, 2.75) is 0 Å². The van der Waals surface area contributed by atoms with Crippen LogP contribution in [0.1, 0.15) is 0 Å². The number of hydrogen-bond donors (Lipinski definition) is 0. The number of hydrogen-bond acceptors (Lipinski definition) is 2. The third-order valence-corrected chi connectivity index (χ3v) is 9.78. The average Bonchev–Trinajstić information content (AvgIpc) is 3.48. The Morgan fingerprint density at radius 3 is 1.58 bits per heavy atom. The molecule has 0 unspecified atom stereocenters. The Kier molecular flexibility index (Phi) is 4.36. The Bertz CT molecular complexity index is 2030. The van der Waals surface area contributed by atoms with Crippen molar-refractivity contribution in [3.8, 4) is 22.3 Å². The van der Waals surface area contributed by atoms with Crippen molar-refractivity contribution < 1.29 is 0 Å². The Morgan fingerprint density at radius 1 is 0.361 bits per heavy atom. The minimum absolute atomic E-state index is 1.26. The van der Waals surface area contributed by atoms with Gasteiger partial charge in [-0.3, -0.25) is 0 Å². The maximum absolute atomic E-state index is 2.33. The summed E-state index contributed by atoms with van der Waals surface area (Å²) in [4.78, 5) is 0. The van der Waals surface area contributed by atoms with Crippen LogP contribution in [0.2, 0.25) is 0 Å². The lowest BCUT2D eigenvalue weighted by Crippen LogP contribution is -1.90. The zero-order valence-electron chi connectivity index (χ0n) is 19.4. The van der Waals surface area contributed by atoms with Gasteiger partial charge in [-0.05, 0) is 55.9 Å². The van der Waals surface area contributed by atoms with Crippen LogP contribution < -0.4 is 0 Å². The van der Waals surface area contributed by atoms with Gasteiger partial charge in [-0.1, -0.05) is 109 Å². The van der Waals surface area contributed by atoms with E-state index in [0.717, 1.165) is 0 Å². The van der Waals surface area contributed by atoms with Gasteiger partial charge in [-0.2, -0.15) is 0 Å². The van der Waals surface area contributed by atoms with Crippen LogP contribution in [0.4, 0.5) is 0 Å². The first-order valence-corrected chi connectivity index (χ1v) is 13.8. The molecule has 0 spiro atoms. The largest absolute Gasteiger partial charge is 0.134 e. The Morgan fingerprint density at radius 2 is 0.889 bits per heavy atom.